The first-order chi connectivity index (χ1) is 43.4. The number of phenols is 1. The molecule has 1 saturated heterocycles. The summed E-state index contributed by atoms with van der Waals surface area (Å²) in [6, 6.07) is 11.2. The number of fused-ring (bicyclic) bond motifs is 3. The number of aromatic nitrogens is 6. The van der Waals surface area contributed by atoms with E-state index in [1.807, 2.05) is 35.4 Å². The Morgan fingerprint density at radius 2 is 1.65 bits per heavy atom. The lowest BCUT2D eigenvalue weighted by Crippen LogP contribution is -2.46. The Morgan fingerprint density at radius 1 is 0.912 bits per heavy atom. The van der Waals surface area contributed by atoms with Crippen molar-refractivity contribution in [3.8, 4) is 17.5 Å². The van der Waals surface area contributed by atoms with Gasteiger partial charge in [0, 0.05) is 117 Å². The summed E-state index contributed by atoms with van der Waals surface area (Å²) in [4.78, 5) is 79.8. The van der Waals surface area contributed by atoms with E-state index in [1.165, 1.54) is 65.5 Å². The number of hydrogen-bond donors (Lipinski definition) is 5. The molecule has 10 atom stereocenters. The van der Waals surface area contributed by atoms with Gasteiger partial charge in [0.05, 0.1) is 66.8 Å². The van der Waals surface area contributed by atoms with Crippen LogP contribution in [0.15, 0.2) is 98.9 Å². The van der Waals surface area contributed by atoms with Crippen LogP contribution in [0.25, 0.3) is 38.7 Å². The fourth-order valence-electron chi connectivity index (χ4n) is 12.3. The molecule has 7 aromatic rings. The average molecular weight is 1250 g/mol. The highest BCUT2D eigenvalue weighted by molar-refractivity contribution is 6.17. The molecule has 27 nitrogen and oxygen atoms in total. The molecule has 0 aliphatic carbocycles. The number of ether oxygens (including phenoxy) is 6. The van der Waals surface area contributed by atoms with Gasteiger partial charge in [-0.2, -0.15) is 0 Å². The third-order valence-electron chi connectivity index (χ3n) is 17.7. The number of rotatable bonds is 11. The van der Waals surface area contributed by atoms with Crippen molar-refractivity contribution in [3.63, 3.8) is 0 Å². The van der Waals surface area contributed by atoms with E-state index in [0.29, 0.717) is 58.1 Å². The van der Waals surface area contributed by atoms with Gasteiger partial charge in [-0.15, -0.1) is 5.10 Å². The number of hydrogen-bond acceptors (Lipinski definition) is 23. The van der Waals surface area contributed by atoms with Crippen molar-refractivity contribution in [2.45, 2.75) is 118 Å². The molecular weight excluding hydrogens is 1180 g/mol. The fraction of sp³-hybridized carbons (Fsp3) is 0.438. The monoisotopic (exact) mass is 1250 g/mol. The van der Waals surface area contributed by atoms with Crippen LogP contribution in [0.3, 0.4) is 0 Å². The standard InChI is InChI=1S/C64H72N10O17/c1-32-11-10-12-33(2)62(82)67-53-57(80)49-48(50-59(37(6)56(49)79)91-64(8,61(50)81)88-22-17-45(85-9)34(3)58(89-38(7)75)36(5)55(78)35(4)54(32)77)52-60(53)90-46-24-42(23-44(76)51(46)66-52)71-20-18-70(19-21-71)26-41-27-73(69-68-41)25-39-13-15-40(16-14-39)30-86-43-28-72-29-47(74(83)84)65-63(72)87-31-43/h10-17,22-24,27,29,32,34-36,43,45,54-55,58,77-79,81H,18-21,25-26,28,30-31H2,1-9H3,(H,67,82)/b11-10+,22-17+,33-12-/t32-,34+,35+,36+,43-,45-,54-,55+,58+,64-/m0/s1. The molecule has 4 bridgehead atoms. The molecule has 1 amide bonds. The van der Waals surface area contributed by atoms with Crippen molar-refractivity contribution in [2.24, 2.45) is 23.7 Å². The summed E-state index contributed by atoms with van der Waals surface area (Å²) in [6.07, 6.45) is 6.31. The molecule has 3 aromatic heterocycles. The first-order valence-corrected chi connectivity index (χ1v) is 30.0. The zero-order chi connectivity index (χ0) is 64.9. The molecule has 0 saturated carbocycles. The number of aliphatic hydroxyl groups excluding tert-OH is 3. The van der Waals surface area contributed by atoms with Crippen LogP contribution >= 0.6 is 0 Å². The third-order valence-corrected chi connectivity index (χ3v) is 17.7. The largest absolute Gasteiger partial charge is 0.507 e. The van der Waals surface area contributed by atoms with Crippen molar-refractivity contribution in [2.75, 3.05) is 50.1 Å². The Bertz CT molecular complexity index is 4270. The number of aromatic hydroxyl groups is 1. The molecule has 5 N–H and O–H groups in total. The second-order valence-electron chi connectivity index (χ2n) is 24.1. The summed E-state index contributed by atoms with van der Waals surface area (Å²) < 4.78 is 45.7. The van der Waals surface area contributed by atoms with Crippen molar-refractivity contribution in [3.05, 3.63) is 143 Å². The molecule has 1 fully saturated rings. The van der Waals surface area contributed by atoms with Crippen molar-refractivity contribution in [1.82, 2.24) is 34.4 Å². The Morgan fingerprint density at radius 3 is 2.36 bits per heavy atom. The maximum atomic E-state index is 15.1. The van der Waals surface area contributed by atoms with Crippen LogP contribution in [0.2, 0.25) is 0 Å². The lowest BCUT2D eigenvalue weighted by molar-refractivity contribution is -0.389. The van der Waals surface area contributed by atoms with Crippen LogP contribution in [0.5, 0.6) is 17.5 Å². The smallest absolute Gasteiger partial charge is 0.414 e. The number of nitrogens with zero attached hydrogens (tertiary/aromatic N) is 9. The van der Waals surface area contributed by atoms with E-state index in [4.69, 9.17) is 37.8 Å². The molecule has 7 heterocycles. The maximum absolute atomic E-state index is 15.1. The zero-order valence-electron chi connectivity index (χ0n) is 51.7. The molecule has 0 radical (unpaired) electrons. The zero-order valence-corrected chi connectivity index (χ0v) is 51.7. The van der Waals surface area contributed by atoms with Crippen molar-refractivity contribution >= 4 is 67.8 Å². The number of nitro groups is 1. The number of amides is 1. The van der Waals surface area contributed by atoms with Crippen LogP contribution in [0, 0.1) is 40.7 Å². The van der Waals surface area contributed by atoms with E-state index in [9.17, 15) is 44.9 Å². The van der Waals surface area contributed by atoms with E-state index in [1.54, 1.807) is 55.2 Å². The molecule has 4 aliphatic heterocycles. The van der Waals surface area contributed by atoms with Gasteiger partial charge in [-0.1, -0.05) is 75.4 Å². The Labute approximate surface area is 520 Å². The Balaban J connectivity index is 0.859. The number of imidazole rings is 1. The molecule has 91 heavy (non-hydrogen) atoms. The lowest BCUT2D eigenvalue weighted by atomic mass is 9.78. The minimum atomic E-state index is -2.03. The number of esters is 1. The normalized spacial score (nSPS) is 26.4. The van der Waals surface area contributed by atoms with Crippen LogP contribution in [-0.4, -0.2) is 148 Å². The van der Waals surface area contributed by atoms with Crippen LogP contribution in [0.4, 0.5) is 17.2 Å². The van der Waals surface area contributed by atoms with E-state index in [0.717, 1.165) is 16.8 Å². The first-order valence-electron chi connectivity index (χ1n) is 30.0. The van der Waals surface area contributed by atoms with Gasteiger partial charge >= 0.3 is 23.6 Å². The minimum absolute atomic E-state index is 0.0232. The number of carbonyl (C=O) groups is 2. The van der Waals surface area contributed by atoms with Crippen molar-refractivity contribution in [1.29, 1.82) is 0 Å². The third kappa shape index (κ3) is 12.5. The quantitative estimate of drug-likeness (QED) is 0.0346. The van der Waals surface area contributed by atoms with Gasteiger partial charge < -0.3 is 73.6 Å². The van der Waals surface area contributed by atoms with Crippen molar-refractivity contribution < 1.29 is 67.8 Å². The minimum Gasteiger partial charge on any atom is -0.507 e. The fourth-order valence-corrected chi connectivity index (χ4v) is 12.3. The topological polar surface area (TPSA) is 341 Å². The first kappa shape index (κ1) is 63.3. The van der Waals surface area contributed by atoms with Crippen LogP contribution in [0.1, 0.15) is 70.9 Å². The summed E-state index contributed by atoms with van der Waals surface area (Å²) in [6.45, 7) is 16.6. The lowest BCUT2D eigenvalue weighted by Gasteiger charge is -2.38. The predicted octanol–water partition coefficient (Wildman–Crippen LogP) is 5.60. The van der Waals surface area contributed by atoms with Crippen LogP contribution in [-0.2, 0) is 54.8 Å². The van der Waals surface area contributed by atoms with Gasteiger partial charge in [0.25, 0.3) is 5.91 Å². The maximum Gasteiger partial charge on any atom is 0.414 e. The number of aliphatic hydroxyl groups is 3. The number of nitrogens with one attached hydrogen (secondary N) is 1. The van der Waals surface area contributed by atoms with Gasteiger partial charge in [-0.3, -0.25) is 28.6 Å². The van der Waals surface area contributed by atoms with E-state index < -0.39 is 98.7 Å². The Hall–Kier alpha value is -9.28. The van der Waals surface area contributed by atoms with Gasteiger partial charge in [0.1, 0.15) is 47.7 Å². The predicted molar refractivity (Wildman–Crippen MR) is 331 cm³/mol. The summed E-state index contributed by atoms with van der Waals surface area (Å²) in [5, 5.41) is 69.6. The molecule has 0 spiro atoms. The molecule has 480 valence electrons. The Kier molecular flexibility index (Phi) is 17.8. The highest BCUT2D eigenvalue weighted by Crippen LogP contribution is 2.43. The van der Waals surface area contributed by atoms with E-state index >= 15 is 4.79 Å². The summed E-state index contributed by atoms with van der Waals surface area (Å²) >= 11 is 0. The number of piperazine rings is 1. The van der Waals surface area contributed by atoms with Gasteiger partial charge in [0.15, 0.2) is 22.4 Å². The van der Waals surface area contributed by atoms with Gasteiger partial charge in [-0.25, -0.2) is 9.67 Å². The molecule has 11 rings (SSSR count). The van der Waals surface area contributed by atoms with Gasteiger partial charge in [0.2, 0.25) is 10.9 Å². The number of allylic oxidation sites excluding steroid dienone is 2. The van der Waals surface area contributed by atoms with Gasteiger partial charge in [-0.05, 0) is 36.0 Å². The second-order valence-corrected chi connectivity index (χ2v) is 24.1. The number of carbonyl (C=O) groups excluding carboxylic acids is 2. The number of anilines is 2. The highest BCUT2D eigenvalue weighted by Gasteiger charge is 2.44. The summed E-state index contributed by atoms with van der Waals surface area (Å²) in [7, 11) is 1.44. The molecule has 4 aliphatic rings. The molecule has 27 heteroatoms. The number of benzene rings is 4. The molecular formula is C64H72N10O17. The summed E-state index contributed by atoms with van der Waals surface area (Å²) in [5.74, 6) is -7.51. The number of phenolic OH excluding ortho intramolecular Hbond substituents is 1. The van der Waals surface area contributed by atoms with Crippen LogP contribution < -0.4 is 35.8 Å². The van der Waals surface area contributed by atoms with E-state index in [2.05, 4.69) is 25.5 Å². The SMILES string of the molecule is CO[C@H]1/C=C/O[C@@]2(C)Oc3c(C)c(O)c4c(=O)c(c5oc6cc(N7CCN(Cc8cn(Cc9ccc(CO[C@@H]%10COc%11nc([N+](=O)[O-])cn%11C%10)cc9)nn8)CC7)cc(=O)c6nc5c4c3=C2O)NC(=O)/C(C)=C\C=C\[C@H](C)[C@H](O)[C@@H](C)[C@@H](O)[C@@H](C)[C@H](OC(C)=O)[C@@H]1C. The molecule has 4 aromatic carbocycles. The van der Waals surface area contributed by atoms with E-state index in [-0.39, 0.29) is 79.6 Å². The molecule has 0 unspecified atom stereocenters. The highest BCUT2D eigenvalue weighted by atomic mass is 16.7. The average Bonchev–Trinajstić information content (AvgIpc) is 1.55. The number of methoxy groups -OCH3 is 1. The summed E-state index contributed by atoms with van der Waals surface area (Å²) in [5.41, 5.74) is 0.859. The second kappa shape index (κ2) is 25.5.